The number of urea groups is 1. The molecule has 0 unspecified atom stereocenters. The predicted molar refractivity (Wildman–Crippen MR) is 92.7 cm³/mol. The van der Waals surface area contributed by atoms with Gasteiger partial charge in [-0.1, -0.05) is 22.9 Å². The second-order valence-electron chi connectivity index (χ2n) is 5.70. The summed E-state index contributed by atoms with van der Waals surface area (Å²) in [5.41, 5.74) is 0.750. The van der Waals surface area contributed by atoms with Crippen LogP contribution in [-0.2, 0) is 0 Å². The molecule has 7 nitrogen and oxygen atoms in total. The number of piperidine rings is 1. The highest BCUT2D eigenvalue weighted by atomic mass is 35.5. The predicted octanol–water partition coefficient (Wildman–Crippen LogP) is 3.25. The van der Waals surface area contributed by atoms with E-state index < -0.39 is 0 Å². The first-order chi connectivity index (χ1) is 11.7. The van der Waals surface area contributed by atoms with E-state index in [1.165, 1.54) is 0 Å². The summed E-state index contributed by atoms with van der Waals surface area (Å²) in [6.07, 6.45) is 3.42. The van der Waals surface area contributed by atoms with Crippen molar-refractivity contribution in [3.63, 3.8) is 0 Å². The van der Waals surface area contributed by atoms with Gasteiger partial charge in [-0.25, -0.2) is 4.79 Å². The van der Waals surface area contributed by atoms with Gasteiger partial charge in [0.25, 0.3) is 0 Å². The molecule has 124 valence electrons. The lowest BCUT2D eigenvalue weighted by atomic mass is 9.98. The van der Waals surface area contributed by atoms with Crippen LogP contribution in [-0.4, -0.2) is 43.8 Å². The second-order valence-corrected chi connectivity index (χ2v) is 7.12. The molecule has 4 rings (SSSR count). The zero-order valence-corrected chi connectivity index (χ0v) is 14.3. The molecule has 0 bridgehead atoms. The van der Waals surface area contributed by atoms with Crippen LogP contribution in [0.5, 0.6) is 0 Å². The fourth-order valence-corrected chi connectivity index (χ4v) is 3.92. The molecular formula is C15H15ClN6OS. The number of hydrogen-bond donors (Lipinski definition) is 1. The van der Waals surface area contributed by atoms with Gasteiger partial charge in [-0.2, -0.15) is 9.61 Å². The van der Waals surface area contributed by atoms with Gasteiger partial charge in [0.1, 0.15) is 11.3 Å². The summed E-state index contributed by atoms with van der Waals surface area (Å²) in [4.78, 5) is 15.0. The first kappa shape index (κ1) is 15.3. The summed E-state index contributed by atoms with van der Waals surface area (Å²) in [5.74, 6) is 0.372. The summed E-state index contributed by atoms with van der Waals surface area (Å²) < 4.78 is 1.71. The number of halogens is 1. The summed E-state index contributed by atoms with van der Waals surface area (Å²) in [7, 11) is 0. The van der Waals surface area contributed by atoms with Crippen molar-refractivity contribution in [2.45, 2.75) is 18.8 Å². The largest absolute Gasteiger partial charge is 0.324 e. The highest BCUT2D eigenvalue weighted by Gasteiger charge is 2.26. The van der Waals surface area contributed by atoms with Gasteiger partial charge in [0.2, 0.25) is 4.96 Å². The molecular weight excluding hydrogens is 348 g/mol. The average molecular weight is 363 g/mol. The SMILES string of the molecule is O=C(Nc1ccc(Cl)cc1)N1CCC(c2nn3cnnc3s2)CC1. The molecule has 1 aliphatic rings. The van der Waals surface area contributed by atoms with Crippen LogP contribution < -0.4 is 5.32 Å². The number of fused-ring (bicyclic) bond motifs is 1. The maximum atomic E-state index is 12.3. The first-order valence-corrected chi connectivity index (χ1v) is 8.87. The topological polar surface area (TPSA) is 75.4 Å². The fraction of sp³-hybridized carbons (Fsp3) is 0.333. The number of aromatic nitrogens is 4. The molecule has 2 amide bonds. The summed E-state index contributed by atoms with van der Waals surface area (Å²) in [5, 5.41) is 17.0. The molecule has 0 aliphatic carbocycles. The van der Waals surface area contributed by atoms with Gasteiger partial charge in [-0.3, -0.25) is 0 Å². The third kappa shape index (κ3) is 3.07. The highest BCUT2D eigenvalue weighted by molar-refractivity contribution is 7.16. The molecule has 0 spiro atoms. The van der Waals surface area contributed by atoms with Crippen molar-refractivity contribution in [3.05, 3.63) is 40.6 Å². The number of likely N-dealkylation sites (tertiary alicyclic amines) is 1. The molecule has 24 heavy (non-hydrogen) atoms. The fourth-order valence-electron chi connectivity index (χ4n) is 2.81. The monoisotopic (exact) mass is 362 g/mol. The highest BCUT2D eigenvalue weighted by Crippen LogP contribution is 2.31. The Morgan fingerprint density at radius 3 is 2.71 bits per heavy atom. The number of hydrogen-bond acceptors (Lipinski definition) is 5. The van der Waals surface area contributed by atoms with Crippen LogP contribution in [0.3, 0.4) is 0 Å². The van der Waals surface area contributed by atoms with Crippen LogP contribution >= 0.6 is 22.9 Å². The number of rotatable bonds is 2. The van der Waals surface area contributed by atoms with Crippen molar-refractivity contribution in [2.24, 2.45) is 0 Å². The van der Waals surface area contributed by atoms with E-state index in [1.807, 2.05) is 4.90 Å². The van der Waals surface area contributed by atoms with Gasteiger partial charge in [-0.05, 0) is 37.1 Å². The molecule has 3 aromatic rings. The van der Waals surface area contributed by atoms with E-state index in [1.54, 1.807) is 46.4 Å². The standard InChI is InChI=1S/C15H15ClN6OS/c16-11-1-3-12(4-2-11)18-14(23)21-7-5-10(6-8-21)13-20-22-9-17-19-15(22)24-13/h1-4,9-10H,5-8H2,(H,18,23). The third-order valence-corrected chi connectivity index (χ3v) is 5.46. The molecule has 1 saturated heterocycles. The summed E-state index contributed by atoms with van der Waals surface area (Å²) >= 11 is 7.42. The first-order valence-electron chi connectivity index (χ1n) is 7.67. The lowest BCUT2D eigenvalue weighted by Gasteiger charge is -2.31. The van der Waals surface area contributed by atoms with E-state index in [-0.39, 0.29) is 6.03 Å². The number of carbonyl (C=O) groups is 1. The van der Waals surface area contributed by atoms with Crippen LogP contribution in [0.25, 0.3) is 4.96 Å². The number of carbonyl (C=O) groups excluding carboxylic acids is 1. The Kier molecular flexibility index (Phi) is 4.07. The number of anilines is 1. The number of benzene rings is 1. The minimum atomic E-state index is -0.0751. The van der Waals surface area contributed by atoms with Crippen molar-refractivity contribution >= 4 is 39.6 Å². The molecule has 3 heterocycles. The Bertz CT molecular complexity index is 824. The Morgan fingerprint density at radius 2 is 2.00 bits per heavy atom. The molecule has 0 atom stereocenters. The van der Waals surface area contributed by atoms with Crippen LogP contribution in [0.15, 0.2) is 30.6 Å². The van der Waals surface area contributed by atoms with Crippen molar-refractivity contribution in [1.82, 2.24) is 24.7 Å². The van der Waals surface area contributed by atoms with Crippen LogP contribution in [0, 0.1) is 0 Å². The Balaban J connectivity index is 1.36. The van der Waals surface area contributed by atoms with Gasteiger partial charge >= 0.3 is 6.03 Å². The Hall–Kier alpha value is -2.19. The minimum Gasteiger partial charge on any atom is -0.324 e. The van der Waals surface area contributed by atoms with Gasteiger partial charge in [0, 0.05) is 29.7 Å². The van der Waals surface area contributed by atoms with E-state index >= 15 is 0 Å². The van der Waals surface area contributed by atoms with E-state index in [2.05, 4.69) is 20.6 Å². The molecule has 1 aliphatic heterocycles. The third-order valence-electron chi connectivity index (χ3n) is 4.13. The van der Waals surface area contributed by atoms with E-state index in [9.17, 15) is 4.79 Å². The maximum absolute atomic E-state index is 12.3. The van der Waals surface area contributed by atoms with Crippen LogP contribution in [0.1, 0.15) is 23.8 Å². The van der Waals surface area contributed by atoms with E-state index in [0.29, 0.717) is 24.0 Å². The molecule has 1 N–H and O–H groups in total. The second kappa shape index (κ2) is 6.37. The smallest absolute Gasteiger partial charge is 0.321 e. The zero-order chi connectivity index (χ0) is 16.5. The van der Waals surface area contributed by atoms with Crippen LogP contribution in [0.4, 0.5) is 10.5 Å². The van der Waals surface area contributed by atoms with E-state index in [4.69, 9.17) is 11.6 Å². The quantitative estimate of drug-likeness (QED) is 0.759. The van der Waals surface area contributed by atoms with Gasteiger partial charge < -0.3 is 10.2 Å². The number of nitrogens with one attached hydrogen (secondary N) is 1. The Morgan fingerprint density at radius 1 is 1.25 bits per heavy atom. The van der Waals surface area contributed by atoms with E-state index in [0.717, 1.165) is 28.5 Å². The molecule has 9 heteroatoms. The number of amides is 2. The molecule has 0 saturated carbocycles. The van der Waals surface area contributed by atoms with Gasteiger partial charge in [0.15, 0.2) is 0 Å². The molecule has 0 radical (unpaired) electrons. The zero-order valence-electron chi connectivity index (χ0n) is 12.7. The summed E-state index contributed by atoms with van der Waals surface area (Å²) in [6, 6.07) is 7.04. The molecule has 1 aromatic carbocycles. The van der Waals surface area contributed by atoms with Crippen molar-refractivity contribution in [2.75, 3.05) is 18.4 Å². The lowest BCUT2D eigenvalue weighted by Crippen LogP contribution is -2.40. The molecule has 2 aromatic heterocycles. The summed E-state index contributed by atoms with van der Waals surface area (Å²) in [6.45, 7) is 1.43. The Labute approximate surface area is 147 Å². The van der Waals surface area contributed by atoms with Crippen molar-refractivity contribution < 1.29 is 4.79 Å². The maximum Gasteiger partial charge on any atom is 0.321 e. The van der Waals surface area contributed by atoms with Crippen LogP contribution in [0.2, 0.25) is 5.02 Å². The number of nitrogens with zero attached hydrogens (tertiary/aromatic N) is 5. The van der Waals surface area contributed by atoms with Gasteiger partial charge in [0.05, 0.1) is 0 Å². The lowest BCUT2D eigenvalue weighted by molar-refractivity contribution is 0.194. The minimum absolute atomic E-state index is 0.0751. The van der Waals surface area contributed by atoms with Crippen molar-refractivity contribution in [1.29, 1.82) is 0 Å². The molecule has 1 fully saturated rings. The normalized spacial score (nSPS) is 15.8. The van der Waals surface area contributed by atoms with Gasteiger partial charge in [-0.15, -0.1) is 10.2 Å². The average Bonchev–Trinajstić information content (AvgIpc) is 3.19. The van der Waals surface area contributed by atoms with Crippen molar-refractivity contribution in [3.8, 4) is 0 Å².